The van der Waals surface area contributed by atoms with Gasteiger partial charge in [0.05, 0.1) is 12.2 Å². The Kier molecular flexibility index (Phi) is 4.07. The summed E-state index contributed by atoms with van der Waals surface area (Å²) in [6.07, 6.45) is 3.82. The van der Waals surface area contributed by atoms with Gasteiger partial charge in [0.25, 0.3) is 0 Å². The summed E-state index contributed by atoms with van der Waals surface area (Å²) < 4.78 is 6.94. The Balaban J connectivity index is 1.75. The predicted molar refractivity (Wildman–Crippen MR) is 83.1 cm³/mol. The quantitative estimate of drug-likeness (QED) is 0.898. The van der Waals surface area contributed by atoms with E-state index in [4.69, 9.17) is 4.74 Å². The third kappa shape index (κ3) is 3.18. The van der Waals surface area contributed by atoms with Crippen molar-refractivity contribution >= 4 is 15.9 Å². The van der Waals surface area contributed by atoms with Crippen LogP contribution in [0.3, 0.4) is 0 Å². The average molecular weight is 340 g/mol. The molecule has 0 spiro atoms. The highest BCUT2D eigenvalue weighted by atomic mass is 79.9. The van der Waals surface area contributed by atoms with Crippen molar-refractivity contribution in [2.75, 3.05) is 19.7 Å². The lowest BCUT2D eigenvalue weighted by atomic mass is 9.98. The molecule has 4 heteroatoms. The Morgan fingerprint density at radius 1 is 1.35 bits per heavy atom. The molecule has 20 heavy (non-hydrogen) atoms. The van der Waals surface area contributed by atoms with Gasteiger partial charge in [0.2, 0.25) is 0 Å². The van der Waals surface area contributed by atoms with Gasteiger partial charge in [-0.2, -0.15) is 0 Å². The van der Waals surface area contributed by atoms with Gasteiger partial charge in [-0.3, -0.25) is 4.90 Å². The number of rotatable bonds is 2. The standard InChI is InChI=1S/C16H22BrNO2/c1-16(19)4-2-6-18(7-5-16)11-13-10-14(17)9-12-3-8-20-15(12)13/h9-10,19H,2-8,11H2,1H3. The van der Waals surface area contributed by atoms with E-state index in [2.05, 4.69) is 33.0 Å². The molecule has 1 aromatic carbocycles. The summed E-state index contributed by atoms with van der Waals surface area (Å²) in [4.78, 5) is 2.44. The van der Waals surface area contributed by atoms with Crippen LogP contribution in [0.2, 0.25) is 0 Å². The molecule has 1 fully saturated rings. The zero-order valence-corrected chi connectivity index (χ0v) is 13.6. The molecule has 1 atom stereocenters. The molecule has 2 heterocycles. The van der Waals surface area contributed by atoms with Crippen molar-refractivity contribution in [3.05, 3.63) is 27.7 Å². The second kappa shape index (κ2) is 5.66. The molecule has 1 unspecified atom stereocenters. The molecular weight excluding hydrogens is 318 g/mol. The number of fused-ring (bicyclic) bond motifs is 1. The molecule has 3 nitrogen and oxygen atoms in total. The monoisotopic (exact) mass is 339 g/mol. The average Bonchev–Trinajstić information content (AvgIpc) is 2.76. The minimum absolute atomic E-state index is 0.496. The fourth-order valence-electron chi connectivity index (χ4n) is 3.18. The van der Waals surface area contributed by atoms with Crippen molar-refractivity contribution in [2.24, 2.45) is 0 Å². The van der Waals surface area contributed by atoms with Gasteiger partial charge in [-0.25, -0.2) is 0 Å². The van der Waals surface area contributed by atoms with Gasteiger partial charge in [0.1, 0.15) is 5.75 Å². The molecule has 0 radical (unpaired) electrons. The third-order valence-corrected chi connectivity index (χ3v) is 4.83. The Morgan fingerprint density at radius 3 is 3.05 bits per heavy atom. The molecular formula is C16H22BrNO2. The Hall–Kier alpha value is -0.580. The first-order chi connectivity index (χ1) is 9.53. The van der Waals surface area contributed by atoms with Crippen LogP contribution in [-0.2, 0) is 13.0 Å². The van der Waals surface area contributed by atoms with E-state index in [0.29, 0.717) is 0 Å². The number of benzene rings is 1. The highest BCUT2D eigenvalue weighted by Crippen LogP contribution is 2.34. The van der Waals surface area contributed by atoms with Gasteiger partial charge in [-0.1, -0.05) is 15.9 Å². The van der Waals surface area contributed by atoms with E-state index in [1.807, 2.05) is 6.92 Å². The van der Waals surface area contributed by atoms with Crippen LogP contribution in [0.1, 0.15) is 37.3 Å². The van der Waals surface area contributed by atoms with Crippen molar-refractivity contribution < 1.29 is 9.84 Å². The van der Waals surface area contributed by atoms with Gasteiger partial charge in [-0.05, 0) is 50.4 Å². The number of halogens is 1. The van der Waals surface area contributed by atoms with E-state index in [9.17, 15) is 5.11 Å². The summed E-state index contributed by atoms with van der Waals surface area (Å²) in [5, 5.41) is 10.2. The summed E-state index contributed by atoms with van der Waals surface area (Å²) in [7, 11) is 0. The minimum atomic E-state index is -0.496. The first-order valence-electron chi connectivity index (χ1n) is 7.42. The van der Waals surface area contributed by atoms with Crippen LogP contribution in [0.4, 0.5) is 0 Å². The van der Waals surface area contributed by atoms with Crippen molar-refractivity contribution in [1.82, 2.24) is 4.90 Å². The summed E-state index contributed by atoms with van der Waals surface area (Å²) in [5.41, 5.74) is 2.09. The van der Waals surface area contributed by atoms with Crippen LogP contribution < -0.4 is 4.74 Å². The fourth-order valence-corrected chi connectivity index (χ4v) is 3.73. The number of hydrogen-bond acceptors (Lipinski definition) is 3. The maximum absolute atomic E-state index is 10.2. The number of nitrogens with zero attached hydrogens (tertiary/aromatic N) is 1. The van der Waals surface area contributed by atoms with Crippen molar-refractivity contribution in [3.63, 3.8) is 0 Å². The van der Waals surface area contributed by atoms with Crippen LogP contribution in [-0.4, -0.2) is 35.3 Å². The maximum atomic E-state index is 10.2. The van der Waals surface area contributed by atoms with E-state index in [1.54, 1.807) is 0 Å². The topological polar surface area (TPSA) is 32.7 Å². The van der Waals surface area contributed by atoms with Crippen LogP contribution in [0.15, 0.2) is 16.6 Å². The third-order valence-electron chi connectivity index (χ3n) is 4.38. The molecule has 0 aliphatic carbocycles. The largest absolute Gasteiger partial charge is 0.493 e. The second-order valence-corrected chi connectivity index (χ2v) is 7.19. The molecule has 2 aliphatic rings. The Labute approximate surface area is 129 Å². The van der Waals surface area contributed by atoms with Crippen LogP contribution in [0, 0.1) is 0 Å². The number of hydrogen-bond donors (Lipinski definition) is 1. The molecule has 3 rings (SSSR count). The lowest BCUT2D eigenvalue weighted by Crippen LogP contribution is -2.28. The fraction of sp³-hybridized carbons (Fsp3) is 0.625. The van der Waals surface area contributed by atoms with Crippen LogP contribution in [0.5, 0.6) is 5.75 Å². The highest BCUT2D eigenvalue weighted by molar-refractivity contribution is 9.10. The Bertz CT molecular complexity index is 501. The van der Waals surface area contributed by atoms with Gasteiger partial charge in [-0.15, -0.1) is 0 Å². The minimum Gasteiger partial charge on any atom is -0.493 e. The smallest absolute Gasteiger partial charge is 0.127 e. The molecule has 0 amide bonds. The van der Waals surface area contributed by atoms with Gasteiger partial charge in [0.15, 0.2) is 0 Å². The lowest BCUT2D eigenvalue weighted by molar-refractivity contribution is 0.0444. The first kappa shape index (κ1) is 14.4. The lowest BCUT2D eigenvalue weighted by Gasteiger charge is -2.23. The van der Waals surface area contributed by atoms with E-state index in [0.717, 1.165) is 62.1 Å². The number of likely N-dealkylation sites (tertiary alicyclic amines) is 1. The van der Waals surface area contributed by atoms with Crippen molar-refractivity contribution in [2.45, 2.75) is 44.8 Å². The van der Waals surface area contributed by atoms with Gasteiger partial charge < -0.3 is 9.84 Å². The maximum Gasteiger partial charge on any atom is 0.127 e. The molecule has 1 aromatic rings. The van der Waals surface area contributed by atoms with E-state index in [-0.39, 0.29) is 0 Å². The summed E-state index contributed by atoms with van der Waals surface area (Å²) >= 11 is 3.60. The normalized spacial score (nSPS) is 26.9. The highest BCUT2D eigenvalue weighted by Gasteiger charge is 2.26. The molecule has 1 N–H and O–H groups in total. The van der Waals surface area contributed by atoms with Crippen molar-refractivity contribution in [3.8, 4) is 5.75 Å². The van der Waals surface area contributed by atoms with E-state index in [1.165, 1.54) is 11.1 Å². The Morgan fingerprint density at radius 2 is 2.20 bits per heavy atom. The van der Waals surface area contributed by atoms with Gasteiger partial charge >= 0.3 is 0 Å². The summed E-state index contributed by atoms with van der Waals surface area (Å²) in [6, 6.07) is 4.34. The number of aliphatic hydroxyl groups is 1. The molecule has 0 bridgehead atoms. The molecule has 2 aliphatic heterocycles. The number of ether oxygens (including phenoxy) is 1. The summed E-state index contributed by atoms with van der Waals surface area (Å²) in [5.74, 6) is 1.09. The zero-order chi connectivity index (χ0) is 14.2. The predicted octanol–water partition coefficient (Wildman–Crippen LogP) is 3.12. The van der Waals surface area contributed by atoms with Gasteiger partial charge in [0, 0.05) is 29.5 Å². The van der Waals surface area contributed by atoms with Crippen molar-refractivity contribution in [1.29, 1.82) is 0 Å². The first-order valence-corrected chi connectivity index (χ1v) is 8.22. The SMILES string of the molecule is CC1(O)CCCN(Cc2cc(Br)cc3c2OCC3)CC1. The summed E-state index contributed by atoms with van der Waals surface area (Å²) in [6.45, 7) is 5.67. The molecule has 1 saturated heterocycles. The van der Waals surface area contributed by atoms with E-state index < -0.39 is 5.60 Å². The van der Waals surface area contributed by atoms with E-state index >= 15 is 0 Å². The zero-order valence-electron chi connectivity index (χ0n) is 12.0. The molecule has 110 valence electrons. The molecule has 0 aromatic heterocycles. The van der Waals surface area contributed by atoms with Crippen LogP contribution in [0.25, 0.3) is 0 Å². The second-order valence-electron chi connectivity index (χ2n) is 6.28. The molecule has 0 saturated carbocycles. The van der Waals surface area contributed by atoms with Crippen LogP contribution >= 0.6 is 15.9 Å².